The number of hydrogen-bond donors (Lipinski definition) is 3. The first-order valence-electron chi connectivity index (χ1n) is 11.0. The lowest BCUT2D eigenvalue weighted by molar-refractivity contribution is -0.142. The fourth-order valence-corrected chi connectivity index (χ4v) is 5.19. The van der Waals surface area contributed by atoms with Crippen molar-refractivity contribution in [3.63, 3.8) is 0 Å². The Kier molecular flexibility index (Phi) is 8.17. The van der Waals surface area contributed by atoms with Gasteiger partial charge in [0.25, 0.3) is 5.91 Å². The number of piperidine rings is 1. The second kappa shape index (κ2) is 11.1. The lowest BCUT2D eigenvalue weighted by Gasteiger charge is -2.38. The van der Waals surface area contributed by atoms with Gasteiger partial charge < -0.3 is 34.7 Å². The van der Waals surface area contributed by atoms with Crippen LogP contribution in [0.25, 0.3) is 0 Å². The number of morpholine rings is 1. The standard InChI is InChI=1S/C21H25Cl2N5O6S/c1-11-16(22)17(23)18(25-11)19(30)26-12-2-3-28(21-24-8-14(35-21)20(31)32)9-13(12)34-10-15(29)27-4-6-33-7-5-27/h8,12-13,25H,2-7,9-10H2,1H3,(H,26,30)(H,31,32). The van der Waals surface area contributed by atoms with Crippen LogP contribution in [0.1, 0.15) is 32.3 Å². The number of thiazole rings is 1. The summed E-state index contributed by atoms with van der Waals surface area (Å²) in [6, 6.07) is -0.423. The molecule has 0 aromatic carbocycles. The van der Waals surface area contributed by atoms with E-state index in [9.17, 15) is 19.5 Å². The molecule has 2 unspecified atom stereocenters. The molecule has 2 fully saturated rings. The maximum atomic E-state index is 12.9. The highest BCUT2D eigenvalue weighted by Gasteiger charge is 2.34. The van der Waals surface area contributed by atoms with Gasteiger partial charge in [0.15, 0.2) is 5.13 Å². The molecule has 14 heteroatoms. The Balaban J connectivity index is 1.47. The molecular formula is C21H25Cl2N5O6S. The average Bonchev–Trinajstić information content (AvgIpc) is 3.45. The largest absolute Gasteiger partial charge is 0.477 e. The number of aryl methyl sites for hydroxylation is 1. The summed E-state index contributed by atoms with van der Waals surface area (Å²) in [5.41, 5.74) is 0.740. The first-order valence-corrected chi connectivity index (χ1v) is 12.6. The van der Waals surface area contributed by atoms with Crippen LogP contribution in [-0.2, 0) is 14.3 Å². The van der Waals surface area contributed by atoms with Crippen molar-refractivity contribution in [2.45, 2.75) is 25.5 Å². The summed E-state index contributed by atoms with van der Waals surface area (Å²) in [4.78, 5) is 47.7. The Bertz CT molecular complexity index is 1100. The molecule has 3 N–H and O–H groups in total. The number of carbonyl (C=O) groups is 3. The Hall–Kier alpha value is -2.38. The number of nitrogens with one attached hydrogen (secondary N) is 2. The Morgan fingerprint density at radius 2 is 2.03 bits per heavy atom. The van der Waals surface area contributed by atoms with Crippen molar-refractivity contribution in [3.8, 4) is 0 Å². The second-order valence-electron chi connectivity index (χ2n) is 8.22. The van der Waals surface area contributed by atoms with Gasteiger partial charge in [-0.15, -0.1) is 0 Å². The number of carbonyl (C=O) groups excluding carboxylic acids is 2. The predicted molar refractivity (Wildman–Crippen MR) is 130 cm³/mol. The molecule has 2 aromatic heterocycles. The molecule has 0 radical (unpaired) electrons. The SMILES string of the molecule is Cc1[nH]c(C(=O)NC2CCN(c3ncc(C(=O)O)s3)CC2OCC(=O)N2CCOCC2)c(Cl)c1Cl. The maximum Gasteiger partial charge on any atom is 0.347 e. The zero-order valence-electron chi connectivity index (χ0n) is 18.9. The first kappa shape index (κ1) is 25.7. The Labute approximate surface area is 215 Å². The van der Waals surface area contributed by atoms with Crippen molar-refractivity contribution in [2.24, 2.45) is 0 Å². The summed E-state index contributed by atoms with van der Waals surface area (Å²) in [7, 11) is 0. The number of aromatic carboxylic acids is 1. The molecule has 2 aliphatic rings. The zero-order valence-corrected chi connectivity index (χ0v) is 21.2. The van der Waals surface area contributed by atoms with E-state index < -0.39 is 24.0 Å². The van der Waals surface area contributed by atoms with E-state index in [4.69, 9.17) is 32.7 Å². The van der Waals surface area contributed by atoms with Crippen LogP contribution in [0.4, 0.5) is 5.13 Å². The van der Waals surface area contributed by atoms with Gasteiger partial charge in [0.2, 0.25) is 5.91 Å². The molecule has 4 heterocycles. The maximum absolute atomic E-state index is 12.9. The van der Waals surface area contributed by atoms with E-state index in [1.54, 1.807) is 11.8 Å². The number of hydrogen-bond acceptors (Lipinski definition) is 8. The summed E-state index contributed by atoms with van der Waals surface area (Å²) in [6.07, 6.45) is 1.24. The van der Waals surface area contributed by atoms with Crippen LogP contribution in [0.15, 0.2) is 6.20 Å². The minimum atomic E-state index is -1.04. The second-order valence-corrected chi connectivity index (χ2v) is 9.99. The number of ether oxygens (including phenoxy) is 2. The van der Waals surface area contributed by atoms with Gasteiger partial charge in [-0.3, -0.25) is 9.59 Å². The molecular weight excluding hydrogens is 521 g/mol. The van der Waals surface area contributed by atoms with Crippen LogP contribution in [0.3, 0.4) is 0 Å². The van der Waals surface area contributed by atoms with Gasteiger partial charge in [-0.25, -0.2) is 9.78 Å². The first-order chi connectivity index (χ1) is 16.7. The van der Waals surface area contributed by atoms with Crippen LogP contribution in [-0.4, -0.2) is 95.9 Å². The van der Waals surface area contributed by atoms with E-state index >= 15 is 0 Å². The minimum absolute atomic E-state index is 0.129. The number of aromatic nitrogens is 2. The number of amides is 2. The highest BCUT2D eigenvalue weighted by molar-refractivity contribution is 7.17. The van der Waals surface area contributed by atoms with Crippen molar-refractivity contribution < 1.29 is 29.0 Å². The van der Waals surface area contributed by atoms with E-state index in [-0.39, 0.29) is 33.1 Å². The Morgan fingerprint density at radius 1 is 1.29 bits per heavy atom. The third-order valence-corrected chi connectivity index (χ3v) is 7.91. The van der Waals surface area contributed by atoms with Crippen LogP contribution in [0, 0.1) is 6.92 Å². The Morgan fingerprint density at radius 3 is 2.66 bits per heavy atom. The van der Waals surface area contributed by atoms with Gasteiger partial charge in [0, 0.05) is 31.9 Å². The predicted octanol–water partition coefficient (Wildman–Crippen LogP) is 2.04. The normalized spacial score (nSPS) is 20.7. The van der Waals surface area contributed by atoms with Crippen LogP contribution in [0.5, 0.6) is 0 Å². The molecule has 2 amide bonds. The number of nitrogens with zero attached hydrogens (tertiary/aromatic N) is 3. The quantitative estimate of drug-likeness (QED) is 0.480. The van der Waals surface area contributed by atoms with Crippen LogP contribution in [0.2, 0.25) is 10.0 Å². The van der Waals surface area contributed by atoms with Crippen molar-refractivity contribution in [2.75, 3.05) is 50.9 Å². The van der Waals surface area contributed by atoms with E-state index in [0.29, 0.717) is 56.6 Å². The molecule has 0 saturated carbocycles. The van der Waals surface area contributed by atoms with Gasteiger partial charge in [-0.2, -0.15) is 0 Å². The molecule has 4 rings (SSSR count). The zero-order chi connectivity index (χ0) is 25.1. The number of H-pyrrole nitrogens is 1. The van der Waals surface area contributed by atoms with Crippen molar-refractivity contribution in [3.05, 3.63) is 32.5 Å². The fourth-order valence-electron chi connectivity index (χ4n) is 3.99. The topological polar surface area (TPSA) is 137 Å². The summed E-state index contributed by atoms with van der Waals surface area (Å²) < 4.78 is 11.3. The molecule has 0 spiro atoms. The monoisotopic (exact) mass is 545 g/mol. The van der Waals surface area contributed by atoms with Gasteiger partial charge >= 0.3 is 5.97 Å². The lowest BCUT2D eigenvalue weighted by atomic mass is 10.0. The summed E-state index contributed by atoms with van der Waals surface area (Å²) in [5.74, 6) is -1.64. The number of anilines is 1. The number of halogens is 2. The number of carboxylic acid groups (broad SMARTS) is 1. The lowest BCUT2D eigenvalue weighted by Crippen LogP contribution is -2.56. The molecule has 2 atom stereocenters. The molecule has 0 aliphatic carbocycles. The van der Waals surface area contributed by atoms with E-state index in [0.717, 1.165) is 11.3 Å². The molecule has 190 valence electrons. The third kappa shape index (κ3) is 5.89. The van der Waals surface area contributed by atoms with E-state index in [1.165, 1.54) is 6.20 Å². The molecule has 2 saturated heterocycles. The molecule has 2 aliphatic heterocycles. The fraction of sp³-hybridized carbons (Fsp3) is 0.524. The van der Waals surface area contributed by atoms with E-state index in [1.807, 2.05) is 4.90 Å². The number of carboxylic acids is 1. The summed E-state index contributed by atoms with van der Waals surface area (Å²) in [5, 5.41) is 13.1. The highest BCUT2D eigenvalue weighted by atomic mass is 35.5. The van der Waals surface area contributed by atoms with Crippen molar-refractivity contribution >= 4 is 57.5 Å². The smallest absolute Gasteiger partial charge is 0.347 e. The van der Waals surface area contributed by atoms with Gasteiger partial charge in [-0.05, 0) is 13.3 Å². The minimum Gasteiger partial charge on any atom is -0.477 e. The van der Waals surface area contributed by atoms with Crippen molar-refractivity contribution in [1.29, 1.82) is 0 Å². The molecule has 0 bridgehead atoms. The number of rotatable bonds is 7. The average molecular weight is 546 g/mol. The summed E-state index contributed by atoms with van der Waals surface area (Å²) in [6.45, 7) is 4.35. The number of aromatic amines is 1. The summed E-state index contributed by atoms with van der Waals surface area (Å²) >= 11 is 13.4. The molecule has 35 heavy (non-hydrogen) atoms. The van der Waals surface area contributed by atoms with Crippen molar-refractivity contribution in [1.82, 2.24) is 20.2 Å². The van der Waals surface area contributed by atoms with Crippen LogP contribution < -0.4 is 10.2 Å². The van der Waals surface area contributed by atoms with Crippen LogP contribution >= 0.6 is 34.5 Å². The van der Waals surface area contributed by atoms with E-state index in [2.05, 4.69) is 15.3 Å². The van der Waals surface area contributed by atoms with Gasteiger partial charge in [-0.1, -0.05) is 34.5 Å². The molecule has 11 nitrogen and oxygen atoms in total. The third-order valence-electron chi connectivity index (χ3n) is 5.92. The van der Waals surface area contributed by atoms with Gasteiger partial charge in [0.1, 0.15) is 17.2 Å². The molecule has 2 aromatic rings. The van der Waals surface area contributed by atoms with Gasteiger partial charge in [0.05, 0.1) is 41.6 Å². The highest BCUT2D eigenvalue weighted by Crippen LogP contribution is 2.30.